The fourth-order valence-electron chi connectivity index (χ4n) is 6.64. The van der Waals surface area contributed by atoms with Crippen molar-refractivity contribution in [2.24, 2.45) is 29.6 Å². The molecule has 214 valence electrons. The van der Waals surface area contributed by atoms with Crippen molar-refractivity contribution in [2.75, 3.05) is 0 Å². The van der Waals surface area contributed by atoms with Crippen molar-refractivity contribution >= 4 is 11.9 Å². The van der Waals surface area contributed by atoms with Crippen molar-refractivity contribution in [3.63, 3.8) is 0 Å². The predicted molar refractivity (Wildman–Crippen MR) is 163 cm³/mol. The molecule has 1 aliphatic heterocycles. The summed E-state index contributed by atoms with van der Waals surface area (Å²) in [5.74, 6) is -0.154. The first-order chi connectivity index (χ1) is 18.6. The maximum Gasteiger partial charge on any atom is 0.317 e. The van der Waals surface area contributed by atoms with Gasteiger partial charge in [-0.1, -0.05) is 69.9 Å². The van der Waals surface area contributed by atoms with Gasteiger partial charge in [0.15, 0.2) is 0 Å². The number of fused-ring (bicyclic) bond motifs is 4. The molecule has 3 rings (SSSR count). The van der Waals surface area contributed by atoms with Gasteiger partial charge in [-0.2, -0.15) is 0 Å². The van der Waals surface area contributed by atoms with Crippen LogP contribution in [0, 0.1) is 29.6 Å². The molecule has 1 heterocycles. The van der Waals surface area contributed by atoms with Crippen LogP contribution in [0.5, 0.6) is 0 Å². The van der Waals surface area contributed by atoms with Crippen LogP contribution in [0.2, 0.25) is 0 Å². The molecule has 39 heavy (non-hydrogen) atoms. The third-order valence-electron chi connectivity index (χ3n) is 8.86. The Balaban J connectivity index is 1.60. The molecule has 0 bridgehead atoms. The minimum absolute atomic E-state index is 0.209. The molecule has 0 amide bonds. The highest BCUT2D eigenvalue weighted by atomic mass is 16.6. The normalized spacial score (nSPS) is 26.8. The molecule has 1 saturated carbocycles. The monoisotopic (exact) mass is 532 g/mol. The Kier molecular flexibility index (Phi) is 11.8. The maximum atomic E-state index is 12.5. The first-order valence-corrected chi connectivity index (χ1v) is 15.3. The summed E-state index contributed by atoms with van der Waals surface area (Å²) in [7, 11) is 0. The molecule has 0 aromatic carbocycles. The zero-order valence-corrected chi connectivity index (χ0v) is 25.6. The molecular formula is C36H52O3. The van der Waals surface area contributed by atoms with E-state index in [0.29, 0.717) is 5.92 Å². The largest absolute Gasteiger partial charge is 0.393 e. The molecule has 0 radical (unpaired) electrons. The van der Waals surface area contributed by atoms with Gasteiger partial charge >= 0.3 is 11.9 Å². The average Bonchev–Trinajstić information content (AvgIpc) is 3.08. The van der Waals surface area contributed by atoms with Crippen molar-refractivity contribution in [3.8, 4) is 0 Å². The molecule has 0 aromatic rings. The molecule has 0 N–H and O–H groups in total. The second kappa shape index (κ2) is 14.8. The van der Waals surface area contributed by atoms with E-state index in [1.807, 2.05) is 0 Å². The van der Waals surface area contributed by atoms with E-state index in [4.69, 9.17) is 4.74 Å². The first kappa shape index (κ1) is 31.1. The molecule has 5 atom stereocenters. The maximum absolute atomic E-state index is 12.5. The zero-order valence-electron chi connectivity index (χ0n) is 25.6. The van der Waals surface area contributed by atoms with Crippen LogP contribution in [-0.4, -0.2) is 11.9 Å². The van der Waals surface area contributed by atoms with E-state index >= 15 is 0 Å². The Bertz CT molecular complexity index is 1070. The van der Waals surface area contributed by atoms with Gasteiger partial charge in [-0.3, -0.25) is 9.59 Å². The molecule has 0 aromatic heterocycles. The lowest BCUT2D eigenvalue weighted by Gasteiger charge is -2.51. The number of cyclic esters (lactones) is 2. The third kappa shape index (κ3) is 9.05. The summed E-state index contributed by atoms with van der Waals surface area (Å²) in [4.78, 5) is 24.9. The quantitative estimate of drug-likeness (QED) is 0.127. The number of rotatable bonds is 14. The number of esters is 2. The summed E-state index contributed by atoms with van der Waals surface area (Å²) in [6.45, 7) is 15.3. The van der Waals surface area contributed by atoms with Gasteiger partial charge in [0.2, 0.25) is 0 Å². The van der Waals surface area contributed by atoms with Gasteiger partial charge in [-0.05, 0) is 130 Å². The van der Waals surface area contributed by atoms with E-state index in [0.717, 1.165) is 64.2 Å². The Hall–Kier alpha value is -2.42. The van der Waals surface area contributed by atoms with Crippen molar-refractivity contribution in [1.82, 2.24) is 0 Å². The highest BCUT2D eigenvalue weighted by Crippen LogP contribution is 2.59. The smallest absolute Gasteiger partial charge is 0.317 e. The van der Waals surface area contributed by atoms with Crippen molar-refractivity contribution in [1.29, 1.82) is 0 Å². The molecule has 3 aliphatic rings. The highest BCUT2D eigenvalue weighted by molar-refractivity contribution is 5.98. The summed E-state index contributed by atoms with van der Waals surface area (Å²) < 4.78 is 5.09. The van der Waals surface area contributed by atoms with Gasteiger partial charge in [0, 0.05) is 0 Å². The van der Waals surface area contributed by atoms with Gasteiger partial charge in [0.05, 0.1) is 11.8 Å². The van der Waals surface area contributed by atoms with Crippen molar-refractivity contribution < 1.29 is 14.3 Å². The average molecular weight is 533 g/mol. The Morgan fingerprint density at radius 1 is 0.718 bits per heavy atom. The van der Waals surface area contributed by atoms with E-state index in [2.05, 4.69) is 84.9 Å². The fourth-order valence-corrected chi connectivity index (χ4v) is 6.64. The number of carbonyl (C=O) groups excluding carboxylic acids is 2. The Labute approximate surface area is 238 Å². The van der Waals surface area contributed by atoms with Gasteiger partial charge in [-0.25, -0.2) is 0 Å². The zero-order chi connectivity index (χ0) is 28.5. The Morgan fingerprint density at radius 3 is 1.82 bits per heavy atom. The molecule has 1 saturated heterocycles. The summed E-state index contributed by atoms with van der Waals surface area (Å²) >= 11 is 0. The van der Waals surface area contributed by atoms with Gasteiger partial charge in [-0.15, -0.1) is 0 Å². The minimum Gasteiger partial charge on any atom is -0.393 e. The van der Waals surface area contributed by atoms with Crippen molar-refractivity contribution in [2.45, 2.75) is 113 Å². The predicted octanol–water partition coefficient (Wildman–Crippen LogP) is 9.78. The van der Waals surface area contributed by atoms with E-state index in [1.54, 1.807) is 0 Å². The lowest BCUT2D eigenvalue weighted by molar-refractivity contribution is -0.153. The number of hydrogen-bond donors (Lipinski definition) is 0. The van der Waals surface area contributed by atoms with Crippen molar-refractivity contribution in [3.05, 3.63) is 69.9 Å². The summed E-state index contributed by atoms with van der Waals surface area (Å²) in [5, 5.41) is 0. The number of carbonyl (C=O) groups is 2. The minimum atomic E-state index is -0.280. The summed E-state index contributed by atoms with van der Waals surface area (Å²) in [6, 6.07) is 0. The van der Waals surface area contributed by atoms with Crippen LogP contribution in [0.25, 0.3) is 0 Å². The number of ether oxygens (including phenoxy) is 1. The Morgan fingerprint density at radius 2 is 1.23 bits per heavy atom. The van der Waals surface area contributed by atoms with Gasteiger partial charge in [0.25, 0.3) is 0 Å². The molecule has 2 fully saturated rings. The van der Waals surface area contributed by atoms with Crippen LogP contribution in [0.15, 0.2) is 69.9 Å². The van der Waals surface area contributed by atoms with Crippen LogP contribution in [0.3, 0.4) is 0 Å². The van der Waals surface area contributed by atoms with E-state index in [1.165, 1.54) is 33.4 Å². The summed E-state index contributed by atoms with van der Waals surface area (Å²) in [6.07, 6.45) is 24.8. The molecule has 3 nitrogen and oxygen atoms in total. The van der Waals surface area contributed by atoms with Gasteiger partial charge in [0.1, 0.15) is 0 Å². The molecule has 3 heteroatoms. The second-order valence-electron chi connectivity index (χ2n) is 12.8. The van der Waals surface area contributed by atoms with E-state index in [9.17, 15) is 9.59 Å². The van der Waals surface area contributed by atoms with Crippen LogP contribution >= 0.6 is 0 Å². The molecule has 2 aliphatic carbocycles. The second-order valence-corrected chi connectivity index (χ2v) is 12.8. The van der Waals surface area contributed by atoms with Crippen LogP contribution in [-0.2, 0) is 14.3 Å². The number of allylic oxidation sites excluding steroid dienone is 12. The van der Waals surface area contributed by atoms with E-state index in [-0.39, 0.29) is 35.6 Å². The van der Waals surface area contributed by atoms with Gasteiger partial charge < -0.3 is 4.74 Å². The standard InChI is InChI=1S/C36H52O3/c1-24(2)12-8-14-26(5)16-10-17-28(7)20-21-30-22-29(19-11-18-27(6)15-9-13-25(3)4)23-31-32(30)34-33(31)35(37)39-36(34)38/h12-13,16,18,20,22,30-34H,8-11,14-15,17,19,21,23H2,1-7H3/b26-16+,27-18+,28-20+. The molecule has 5 unspecified atom stereocenters. The van der Waals surface area contributed by atoms with E-state index < -0.39 is 0 Å². The highest BCUT2D eigenvalue weighted by Gasteiger charge is 2.65. The third-order valence-corrected chi connectivity index (χ3v) is 8.86. The summed E-state index contributed by atoms with van der Waals surface area (Å²) in [5.41, 5.74) is 8.56. The lowest BCUT2D eigenvalue weighted by atomic mass is 9.49. The first-order valence-electron chi connectivity index (χ1n) is 15.3. The topological polar surface area (TPSA) is 43.4 Å². The van der Waals surface area contributed by atoms with Crippen LogP contribution in [0.1, 0.15) is 113 Å². The lowest BCUT2D eigenvalue weighted by Crippen LogP contribution is -2.53. The molecular weight excluding hydrogens is 480 g/mol. The number of hydrogen-bond acceptors (Lipinski definition) is 3. The fraction of sp³-hybridized carbons (Fsp3) is 0.611. The van der Waals surface area contributed by atoms with Crippen LogP contribution < -0.4 is 0 Å². The molecule has 0 spiro atoms. The SMILES string of the molecule is CC(C)=CCC/C(C)=C/CCC1=CC(C/C=C(\C)CC/C=C(\C)CCC=C(C)C)C2C(C1)C1C(=O)OC(=O)C12. The van der Waals surface area contributed by atoms with Crippen LogP contribution in [0.4, 0.5) is 0 Å².